The lowest BCUT2D eigenvalue weighted by Gasteiger charge is -2.15. The Bertz CT molecular complexity index is 764. The number of fused-ring (bicyclic) bond motifs is 1. The van der Waals surface area contributed by atoms with Gasteiger partial charge in [-0.25, -0.2) is 4.98 Å². The van der Waals surface area contributed by atoms with E-state index in [0.29, 0.717) is 6.42 Å². The summed E-state index contributed by atoms with van der Waals surface area (Å²) in [6.45, 7) is 0. The molecule has 0 aliphatic rings. The minimum absolute atomic E-state index is 0.142. The molecule has 0 bridgehead atoms. The molecule has 2 aromatic carbocycles. The summed E-state index contributed by atoms with van der Waals surface area (Å²) in [5.41, 5.74) is 9.49. The van der Waals surface area contributed by atoms with Crippen molar-refractivity contribution in [2.45, 2.75) is 12.5 Å². The fourth-order valence-electron chi connectivity index (χ4n) is 2.66. The van der Waals surface area contributed by atoms with Crippen molar-refractivity contribution >= 4 is 11.0 Å². The Balaban J connectivity index is 1.93. The highest BCUT2D eigenvalue weighted by molar-refractivity contribution is 5.75. The highest BCUT2D eigenvalue weighted by Gasteiger charge is 2.15. The van der Waals surface area contributed by atoms with E-state index in [-0.39, 0.29) is 6.04 Å². The highest BCUT2D eigenvalue weighted by atomic mass is 16.5. The maximum Gasteiger partial charge on any atom is 0.123 e. The van der Waals surface area contributed by atoms with Crippen molar-refractivity contribution in [2.75, 3.05) is 7.11 Å². The quantitative estimate of drug-likeness (QED) is 0.800. The smallest absolute Gasteiger partial charge is 0.123 e. The van der Waals surface area contributed by atoms with Gasteiger partial charge in [-0.3, -0.25) is 0 Å². The van der Waals surface area contributed by atoms with E-state index in [4.69, 9.17) is 10.5 Å². The number of hydrogen-bond acceptors (Lipinski definition) is 3. The number of para-hydroxylation sites is 3. The summed E-state index contributed by atoms with van der Waals surface area (Å²) in [5, 5.41) is 0. The average molecular weight is 281 g/mol. The number of hydrogen-bond donors (Lipinski definition) is 1. The number of aryl methyl sites for hydroxylation is 1. The summed E-state index contributed by atoms with van der Waals surface area (Å²) in [7, 11) is 3.69. The maximum atomic E-state index is 6.36. The third-order valence-electron chi connectivity index (χ3n) is 3.82. The van der Waals surface area contributed by atoms with Crippen LogP contribution < -0.4 is 10.5 Å². The standard InChI is InChI=1S/C17H19N3O/c1-20-15-9-5-4-8-14(15)19-17(20)11-13(18)12-7-3-6-10-16(12)21-2/h3-10,13H,11,18H2,1-2H3. The maximum absolute atomic E-state index is 6.36. The Kier molecular flexibility index (Phi) is 3.62. The lowest BCUT2D eigenvalue weighted by Crippen LogP contribution is -2.16. The molecule has 1 atom stereocenters. The summed E-state index contributed by atoms with van der Waals surface area (Å²) < 4.78 is 7.49. The Morgan fingerprint density at radius 1 is 1.14 bits per heavy atom. The summed E-state index contributed by atoms with van der Waals surface area (Å²) in [6, 6.07) is 15.8. The third-order valence-corrected chi connectivity index (χ3v) is 3.82. The second-order valence-corrected chi connectivity index (χ2v) is 5.13. The van der Waals surface area contributed by atoms with E-state index in [1.807, 2.05) is 49.5 Å². The predicted molar refractivity (Wildman–Crippen MR) is 84.3 cm³/mol. The van der Waals surface area contributed by atoms with E-state index in [2.05, 4.69) is 15.6 Å². The van der Waals surface area contributed by atoms with Crippen molar-refractivity contribution < 1.29 is 4.74 Å². The van der Waals surface area contributed by atoms with Crippen LogP contribution in [0, 0.1) is 0 Å². The molecule has 3 rings (SSSR count). The summed E-state index contributed by atoms with van der Waals surface area (Å²) in [6.07, 6.45) is 0.672. The van der Waals surface area contributed by atoms with Gasteiger partial charge < -0.3 is 15.0 Å². The molecule has 1 aromatic heterocycles. The first-order chi connectivity index (χ1) is 10.2. The van der Waals surface area contributed by atoms with Crippen molar-refractivity contribution in [2.24, 2.45) is 12.8 Å². The van der Waals surface area contributed by atoms with Crippen LogP contribution in [0.5, 0.6) is 5.75 Å². The van der Waals surface area contributed by atoms with Gasteiger partial charge in [-0.15, -0.1) is 0 Å². The zero-order chi connectivity index (χ0) is 14.8. The van der Waals surface area contributed by atoms with Gasteiger partial charge in [0.1, 0.15) is 11.6 Å². The van der Waals surface area contributed by atoms with E-state index in [1.54, 1.807) is 7.11 Å². The van der Waals surface area contributed by atoms with E-state index in [0.717, 1.165) is 28.2 Å². The fourth-order valence-corrected chi connectivity index (χ4v) is 2.66. The molecule has 0 aliphatic heterocycles. The zero-order valence-corrected chi connectivity index (χ0v) is 12.3. The number of nitrogens with zero attached hydrogens (tertiary/aromatic N) is 2. The van der Waals surface area contributed by atoms with Crippen molar-refractivity contribution in [1.29, 1.82) is 0 Å². The largest absolute Gasteiger partial charge is 0.496 e. The van der Waals surface area contributed by atoms with Crippen LogP contribution in [0.1, 0.15) is 17.4 Å². The molecule has 0 fully saturated rings. The van der Waals surface area contributed by atoms with Crippen molar-refractivity contribution in [3.05, 3.63) is 59.9 Å². The van der Waals surface area contributed by atoms with Gasteiger partial charge in [-0.1, -0.05) is 30.3 Å². The van der Waals surface area contributed by atoms with Gasteiger partial charge in [0.25, 0.3) is 0 Å². The van der Waals surface area contributed by atoms with Gasteiger partial charge in [0.05, 0.1) is 18.1 Å². The zero-order valence-electron chi connectivity index (χ0n) is 12.3. The minimum atomic E-state index is -0.142. The average Bonchev–Trinajstić information content (AvgIpc) is 2.84. The van der Waals surface area contributed by atoms with Gasteiger partial charge in [0, 0.05) is 25.1 Å². The Hall–Kier alpha value is -2.33. The van der Waals surface area contributed by atoms with Crippen LogP contribution in [0.15, 0.2) is 48.5 Å². The van der Waals surface area contributed by atoms with Gasteiger partial charge in [-0.05, 0) is 18.2 Å². The van der Waals surface area contributed by atoms with Crippen molar-refractivity contribution in [3.8, 4) is 5.75 Å². The summed E-state index contributed by atoms with van der Waals surface area (Å²) in [4.78, 5) is 4.68. The second kappa shape index (κ2) is 5.58. The number of rotatable bonds is 4. The van der Waals surface area contributed by atoms with Crippen LogP contribution in [0.25, 0.3) is 11.0 Å². The summed E-state index contributed by atoms with van der Waals surface area (Å²) in [5.74, 6) is 1.80. The van der Waals surface area contributed by atoms with Crippen LogP contribution in [0.4, 0.5) is 0 Å². The van der Waals surface area contributed by atoms with Crippen LogP contribution in [-0.2, 0) is 13.5 Å². The second-order valence-electron chi connectivity index (χ2n) is 5.13. The molecule has 3 aromatic rings. The van der Waals surface area contributed by atoms with E-state index < -0.39 is 0 Å². The Morgan fingerprint density at radius 3 is 2.62 bits per heavy atom. The van der Waals surface area contributed by atoms with Gasteiger partial charge in [0.15, 0.2) is 0 Å². The molecule has 0 saturated heterocycles. The van der Waals surface area contributed by atoms with E-state index in [9.17, 15) is 0 Å². The normalized spacial score (nSPS) is 12.5. The monoisotopic (exact) mass is 281 g/mol. The molecule has 0 aliphatic carbocycles. The minimum Gasteiger partial charge on any atom is -0.496 e. The number of aromatic nitrogens is 2. The molecule has 0 amide bonds. The molecule has 0 spiro atoms. The lowest BCUT2D eigenvalue weighted by molar-refractivity contribution is 0.405. The molecule has 0 radical (unpaired) electrons. The number of imidazole rings is 1. The number of ether oxygens (including phenoxy) is 1. The van der Waals surface area contributed by atoms with Crippen LogP contribution in [0.2, 0.25) is 0 Å². The van der Waals surface area contributed by atoms with Crippen molar-refractivity contribution in [3.63, 3.8) is 0 Å². The molecule has 2 N–H and O–H groups in total. The van der Waals surface area contributed by atoms with Gasteiger partial charge >= 0.3 is 0 Å². The van der Waals surface area contributed by atoms with Crippen LogP contribution in [0.3, 0.4) is 0 Å². The fraction of sp³-hybridized carbons (Fsp3) is 0.235. The Morgan fingerprint density at radius 2 is 1.86 bits per heavy atom. The SMILES string of the molecule is COc1ccccc1C(N)Cc1nc2ccccc2n1C. The van der Waals surface area contributed by atoms with E-state index >= 15 is 0 Å². The molecule has 1 unspecified atom stereocenters. The molecular weight excluding hydrogens is 262 g/mol. The predicted octanol–water partition coefficient (Wildman–Crippen LogP) is 2.82. The molecular formula is C17H19N3O. The first-order valence-corrected chi connectivity index (χ1v) is 6.99. The van der Waals surface area contributed by atoms with Crippen molar-refractivity contribution in [1.82, 2.24) is 9.55 Å². The van der Waals surface area contributed by atoms with E-state index in [1.165, 1.54) is 0 Å². The van der Waals surface area contributed by atoms with Crippen LogP contribution >= 0.6 is 0 Å². The molecule has 108 valence electrons. The lowest BCUT2D eigenvalue weighted by atomic mass is 10.0. The third kappa shape index (κ3) is 2.50. The topological polar surface area (TPSA) is 53.1 Å². The molecule has 4 heteroatoms. The summed E-state index contributed by atoms with van der Waals surface area (Å²) >= 11 is 0. The molecule has 1 heterocycles. The van der Waals surface area contributed by atoms with Gasteiger partial charge in [0.2, 0.25) is 0 Å². The van der Waals surface area contributed by atoms with Crippen LogP contribution in [-0.4, -0.2) is 16.7 Å². The molecule has 21 heavy (non-hydrogen) atoms. The highest BCUT2D eigenvalue weighted by Crippen LogP contribution is 2.26. The number of methoxy groups -OCH3 is 1. The van der Waals surface area contributed by atoms with Gasteiger partial charge in [-0.2, -0.15) is 0 Å². The number of nitrogens with two attached hydrogens (primary N) is 1. The Labute approximate surface area is 124 Å². The first kappa shape index (κ1) is 13.6. The number of benzene rings is 2. The molecule has 4 nitrogen and oxygen atoms in total. The first-order valence-electron chi connectivity index (χ1n) is 6.99. The molecule has 0 saturated carbocycles.